The fraction of sp³-hybridized carbons (Fsp3) is 0. The monoisotopic (exact) mass is 430 g/mol. The average molecular weight is 431 g/mol. The van der Waals surface area contributed by atoms with Crippen LogP contribution >= 0.6 is 24.4 Å². The quantitative estimate of drug-likeness (QED) is 0.339. The second-order valence-electron chi connectivity index (χ2n) is 5.96. The molecule has 0 spiro atoms. The maximum atomic E-state index is 13.7. The van der Waals surface area contributed by atoms with E-state index in [1.807, 2.05) is 0 Å². The molecule has 0 aromatic heterocycles. The molecule has 4 N–H and O–H groups in total. The Kier molecular flexibility index (Phi) is 6.26. The maximum Gasteiger partial charge on any atom is 0.336 e. The SMILES string of the molecule is Nc1ccc(NC(=O)N(S)c2ccc(NC(=O)c3ccccc3F)cc2)cc1Cl. The molecule has 3 aromatic rings. The number of urea groups is 1. The van der Waals surface area contributed by atoms with Gasteiger partial charge >= 0.3 is 6.03 Å². The molecule has 0 fully saturated rings. The van der Waals surface area contributed by atoms with Crippen molar-refractivity contribution in [1.29, 1.82) is 0 Å². The molecule has 0 unspecified atom stereocenters. The minimum atomic E-state index is -0.609. The van der Waals surface area contributed by atoms with E-state index < -0.39 is 17.8 Å². The Morgan fingerprint density at radius 1 is 0.966 bits per heavy atom. The first-order valence-electron chi connectivity index (χ1n) is 8.36. The van der Waals surface area contributed by atoms with Crippen LogP contribution in [0.3, 0.4) is 0 Å². The Morgan fingerprint density at radius 3 is 2.28 bits per heavy atom. The lowest BCUT2D eigenvalue weighted by molar-refractivity contribution is 0.102. The maximum absolute atomic E-state index is 13.7. The molecule has 148 valence electrons. The van der Waals surface area contributed by atoms with Crippen molar-refractivity contribution in [3.63, 3.8) is 0 Å². The minimum absolute atomic E-state index is 0.0612. The number of nitrogens with one attached hydrogen (secondary N) is 2. The van der Waals surface area contributed by atoms with Crippen molar-refractivity contribution in [2.75, 3.05) is 20.7 Å². The van der Waals surface area contributed by atoms with Gasteiger partial charge in [0.2, 0.25) is 0 Å². The van der Waals surface area contributed by atoms with Crippen LogP contribution in [-0.4, -0.2) is 11.9 Å². The lowest BCUT2D eigenvalue weighted by Crippen LogP contribution is -2.26. The van der Waals surface area contributed by atoms with Gasteiger partial charge < -0.3 is 16.4 Å². The summed E-state index contributed by atoms with van der Waals surface area (Å²) in [5.74, 6) is -1.18. The normalized spacial score (nSPS) is 10.3. The number of benzene rings is 3. The number of nitrogens with zero attached hydrogens (tertiary/aromatic N) is 1. The second-order valence-corrected chi connectivity index (χ2v) is 6.77. The van der Waals surface area contributed by atoms with Crippen molar-refractivity contribution >= 4 is 59.1 Å². The Labute approximate surface area is 177 Å². The number of rotatable bonds is 4. The van der Waals surface area contributed by atoms with Gasteiger partial charge in [0.15, 0.2) is 0 Å². The van der Waals surface area contributed by atoms with Crippen molar-refractivity contribution in [2.24, 2.45) is 0 Å². The molecule has 0 saturated heterocycles. The molecule has 0 heterocycles. The summed E-state index contributed by atoms with van der Waals surface area (Å²) in [7, 11) is 0. The number of amides is 3. The van der Waals surface area contributed by atoms with Crippen LogP contribution in [0.1, 0.15) is 10.4 Å². The summed E-state index contributed by atoms with van der Waals surface area (Å²) in [4.78, 5) is 24.5. The molecule has 6 nitrogen and oxygen atoms in total. The topological polar surface area (TPSA) is 87.5 Å². The molecule has 0 aliphatic rings. The lowest BCUT2D eigenvalue weighted by atomic mass is 10.2. The van der Waals surface area contributed by atoms with Gasteiger partial charge in [0, 0.05) is 11.4 Å². The molecule has 29 heavy (non-hydrogen) atoms. The van der Waals surface area contributed by atoms with Crippen molar-refractivity contribution in [1.82, 2.24) is 0 Å². The number of carbonyl (C=O) groups is 2. The highest BCUT2D eigenvalue weighted by atomic mass is 35.5. The van der Waals surface area contributed by atoms with Gasteiger partial charge in [0.25, 0.3) is 5.91 Å². The molecule has 9 heteroatoms. The van der Waals surface area contributed by atoms with E-state index in [0.717, 1.165) is 4.31 Å². The summed E-state index contributed by atoms with van der Waals surface area (Å²) in [6, 6.07) is 16.2. The molecule has 3 rings (SSSR count). The van der Waals surface area contributed by atoms with Gasteiger partial charge in [-0.05, 0) is 54.6 Å². The number of halogens is 2. The van der Waals surface area contributed by atoms with Crippen LogP contribution in [0, 0.1) is 5.82 Å². The summed E-state index contributed by atoms with van der Waals surface area (Å²) in [6.45, 7) is 0. The highest BCUT2D eigenvalue weighted by Gasteiger charge is 2.14. The molecular formula is C20H16ClFN4O2S. The third-order valence-electron chi connectivity index (χ3n) is 3.93. The van der Waals surface area contributed by atoms with E-state index in [9.17, 15) is 14.0 Å². The number of hydrogen-bond acceptors (Lipinski definition) is 4. The molecule has 3 aromatic carbocycles. The van der Waals surface area contributed by atoms with Gasteiger partial charge in [0.05, 0.1) is 22.0 Å². The third-order valence-corrected chi connectivity index (χ3v) is 4.67. The number of nitrogen functional groups attached to an aromatic ring is 1. The molecule has 3 amide bonds. The van der Waals surface area contributed by atoms with Crippen molar-refractivity contribution in [3.05, 3.63) is 83.1 Å². The Hall–Kier alpha value is -3.23. The first-order valence-corrected chi connectivity index (χ1v) is 9.14. The molecule has 0 atom stereocenters. The second kappa shape index (κ2) is 8.85. The van der Waals surface area contributed by atoms with Crippen LogP contribution in [-0.2, 0) is 0 Å². The molecule has 0 saturated carbocycles. The van der Waals surface area contributed by atoms with E-state index >= 15 is 0 Å². The zero-order valence-corrected chi connectivity index (χ0v) is 16.5. The summed E-state index contributed by atoms with van der Waals surface area (Å²) >= 11 is 10.1. The molecular weight excluding hydrogens is 415 g/mol. The third kappa shape index (κ3) is 4.98. The van der Waals surface area contributed by atoms with Crippen LogP contribution in [0.15, 0.2) is 66.7 Å². The largest absolute Gasteiger partial charge is 0.398 e. The molecule has 0 radical (unpaired) electrons. The van der Waals surface area contributed by atoms with Gasteiger partial charge in [-0.3, -0.25) is 4.79 Å². The summed E-state index contributed by atoms with van der Waals surface area (Å²) in [5.41, 5.74) is 7.34. The fourth-order valence-electron chi connectivity index (χ4n) is 2.43. The van der Waals surface area contributed by atoms with Crippen LogP contribution < -0.4 is 20.7 Å². The van der Waals surface area contributed by atoms with Crippen LogP contribution in [0.2, 0.25) is 5.02 Å². The zero-order valence-electron chi connectivity index (χ0n) is 14.9. The summed E-state index contributed by atoms with van der Waals surface area (Å²) < 4.78 is 14.8. The van der Waals surface area contributed by atoms with Crippen molar-refractivity contribution in [3.8, 4) is 0 Å². The number of carbonyl (C=O) groups excluding carboxylic acids is 2. The number of anilines is 4. The highest BCUT2D eigenvalue weighted by molar-refractivity contribution is 7.82. The summed E-state index contributed by atoms with van der Waals surface area (Å²) in [5, 5.41) is 5.56. The van der Waals surface area contributed by atoms with Gasteiger partial charge in [-0.1, -0.05) is 36.5 Å². The molecule has 0 aliphatic carbocycles. The standard InChI is InChI=1S/C20H16ClFN4O2S/c21-16-11-13(7-10-18(16)23)25-20(28)26(29)14-8-5-12(6-9-14)24-19(27)15-3-1-2-4-17(15)22/h1-11,29H,23H2,(H,24,27)(H,25,28). The van der Waals surface area contributed by atoms with Gasteiger partial charge in [-0.25, -0.2) is 13.5 Å². The van der Waals surface area contributed by atoms with Crippen molar-refractivity contribution in [2.45, 2.75) is 0 Å². The fourth-order valence-corrected chi connectivity index (χ4v) is 2.79. The number of nitrogens with two attached hydrogens (primary N) is 1. The predicted molar refractivity (Wildman–Crippen MR) is 117 cm³/mol. The van der Waals surface area contributed by atoms with E-state index in [1.165, 1.54) is 24.3 Å². The summed E-state index contributed by atoms with van der Waals surface area (Å²) in [6.07, 6.45) is 0. The Balaban J connectivity index is 1.65. The zero-order chi connectivity index (χ0) is 21.0. The van der Waals surface area contributed by atoms with Gasteiger partial charge in [-0.15, -0.1) is 0 Å². The molecule has 0 bridgehead atoms. The lowest BCUT2D eigenvalue weighted by Gasteiger charge is -2.17. The number of thiol groups is 1. The number of hydrogen-bond donors (Lipinski definition) is 4. The van der Waals surface area contributed by atoms with E-state index in [-0.39, 0.29) is 5.56 Å². The van der Waals surface area contributed by atoms with Crippen LogP contribution in [0.25, 0.3) is 0 Å². The van der Waals surface area contributed by atoms with Gasteiger partial charge in [0.1, 0.15) is 5.82 Å². The highest BCUT2D eigenvalue weighted by Crippen LogP contribution is 2.25. The van der Waals surface area contributed by atoms with Crippen LogP contribution in [0.5, 0.6) is 0 Å². The van der Waals surface area contributed by atoms with Crippen LogP contribution in [0.4, 0.5) is 31.9 Å². The average Bonchev–Trinajstić information content (AvgIpc) is 2.71. The van der Waals surface area contributed by atoms with E-state index in [0.29, 0.717) is 27.8 Å². The van der Waals surface area contributed by atoms with Gasteiger partial charge in [-0.2, -0.15) is 0 Å². The minimum Gasteiger partial charge on any atom is -0.398 e. The Morgan fingerprint density at radius 2 is 1.62 bits per heavy atom. The van der Waals surface area contributed by atoms with E-state index in [1.54, 1.807) is 42.5 Å². The predicted octanol–water partition coefficient (Wildman–Crippen LogP) is 5.20. The smallest absolute Gasteiger partial charge is 0.336 e. The Bertz CT molecular complexity index is 1060. The molecule has 0 aliphatic heterocycles. The van der Waals surface area contributed by atoms with Crippen molar-refractivity contribution < 1.29 is 14.0 Å². The first-order chi connectivity index (χ1) is 13.8. The van der Waals surface area contributed by atoms with E-state index in [2.05, 4.69) is 23.4 Å². The van der Waals surface area contributed by atoms with E-state index in [4.69, 9.17) is 17.3 Å². The first kappa shape index (κ1) is 20.5.